The Labute approximate surface area is 158 Å². The Kier molecular flexibility index (Phi) is 5.73. The van der Waals surface area contributed by atoms with Crippen LogP contribution >= 0.6 is 0 Å². The standard InChI is InChI=1S/C26H28/c1-19-9-14-23(15-10-19)26(24-16-11-20(2)12-17-24)7-5-6-25-18-21(3)8-13-22(25)4/h7-18H,5-6H2,1-4H3. The summed E-state index contributed by atoms with van der Waals surface area (Å²) in [5, 5.41) is 0. The number of benzene rings is 3. The molecule has 0 atom stereocenters. The first kappa shape index (κ1) is 18.2. The van der Waals surface area contributed by atoms with Crippen LogP contribution in [0.2, 0.25) is 0 Å². The summed E-state index contributed by atoms with van der Waals surface area (Å²) in [4.78, 5) is 0. The molecule has 0 heterocycles. The Morgan fingerprint density at radius 2 is 1.15 bits per heavy atom. The van der Waals surface area contributed by atoms with E-state index in [1.807, 2.05) is 0 Å². The fourth-order valence-electron chi connectivity index (χ4n) is 3.31. The minimum Gasteiger partial charge on any atom is -0.0757 e. The van der Waals surface area contributed by atoms with Gasteiger partial charge in [0.25, 0.3) is 0 Å². The lowest BCUT2D eigenvalue weighted by Gasteiger charge is -2.11. The molecule has 0 aliphatic rings. The molecule has 0 radical (unpaired) electrons. The monoisotopic (exact) mass is 340 g/mol. The average molecular weight is 341 g/mol. The Balaban J connectivity index is 1.89. The molecule has 0 heteroatoms. The summed E-state index contributed by atoms with van der Waals surface area (Å²) in [6, 6.07) is 24.5. The Morgan fingerprint density at radius 1 is 0.654 bits per heavy atom. The van der Waals surface area contributed by atoms with Crippen molar-refractivity contribution in [2.45, 2.75) is 40.5 Å². The minimum absolute atomic E-state index is 1.04. The maximum Gasteiger partial charge on any atom is -0.0151 e. The molecule has 0 aliphatic heterocycles. The lowest BCUT2D eigenvalue weighted by atomic mass is 9.94. The van der Waals surface area contributed by atoms with Crippen LogP contribution in [0, 0.1) is 27.7 Å². The molecule has 0 bridgehead atoms. The number of hydrogen-bond donors (Lipinski definition) is 0. The van der Waals surface area contributed by atoms with Crippen LogP contribution < -0.4 is 0 Å². The topological polar surface area (TPSA) is 0 Å². The van der Waals surface area contributed by atoms with Gasteiger partial charge in [0.05, 0.1) is 0 Å². The van der Waals surface area contributed by atoms with Gasteiger partial charge in [0.2, 0.25) is 0 Å². The van der Waals surface area contributed by atoms with Crippen LogP contribution in [-0.4, -0.2) is 0 Å². The highest BCUT2D eigenvalue weighted by Gasteiger charge is 2.06. The predicted molar refractivity (Wildman–Crippen MR) is 114 cm³/mol. The van der Waals surface area contributed by atoms with Gasteiger partial charge in [-0.2, -0.15) is 0 Å². The first-order valence-electron chi connectivity index (χ1n) is 9.43. The van der Waals surface area contributed by atoms with Gasteiger partial charge in [-0.15, -0.1) is 0 Å². The molecule has 132 valence electrons. The van der Waals surface area contributed by atoms with Crippen molar-refractivity contribution in [3.05, 3.63) is 112 Å². The van der Waals surface area contributed by atoms with Crippen molar-refractivity contribution in [1.82, 2.24) is 0 Å². The van der Waals surface area contributed by atoms with Gasteiger partial charge in [-0.1, -0.05) is 89.5 Å². The van der Waals surface area contributed by atoms with E-state index < -0.39 is 0 Å². The van der Waals surface area contributed by atoms with Crippen LogP contribution in [0.15, 0.2) is 72.8 Å². The van der Waals surface area contributed by atoms with Gasteiger partial charge in [-0.3, -0.25) is 0 Å². The molecule has 0 nitrogen and oxygen atoms in total. The van der Waals surface area contributed by atoms with E-state index in [4.69, 9.17) is 0 Å². The molecule has 0 aliphatic carbocycles. The zero-order chi connectivity index (χ0) is 18.5. The lowest BCUT2D eigenvalue weighted by Crippen LogP contribution is -1.93. The molecule has 3 rings (SSSR count). The van der Waals surface area contributed by atoms with Gasteiger partial charge in [0, 0.05) is 0 Å². The van der Waals surface area contributed by atoms with E-state index in [2.05, 4.69) is 101 Å². The number of rotatable bonds is 5. The number of allylic oxidation sites excluding steroid dienone is 1. The van der Waals surface area contributed by atoms with Gasteiger partial charge < -0.3 is 0 Å². The van der Waals surface area contributed by atoms with E-state index in [9.17, 15) is 0 Å². The third-order valence-corrected chi connectivity index (χ3v) is 4.99. The largest absolute Gasteiger partial charge is 0.0757 e. The minimum atomic E-state index is 1.04. The summed E-state index contributed by atoms with van der Waals surface area (Å²) < 4.78 is 0. The molecular formula is C26H28. The van der Waals surface area contributed by atoms with Crippen LogP contribution in [0.25, 0.3) is 5.57 Å². The molecule has 0 saturated heterocycles. The van der Waals surface area contributed by atoms with Crippen molar-refractivity contribution >= 4 is 5.57 Å². The summed E-state index contributed by atoms with van der Waals surface area (Å²) >= 11 is 0. The maximum absolute atomic E-state index is 2.40. The van der Waals surface area contributed by atoms with Crippen LogP contribution in [0.5, 0.6) is 0 Å². The number of aryl methyl sites for hydroxylation is 5. The molecule has 3 aromatic carbocycles. The molecule has 3 aromatic rings. The molecular weight excluding hydrogens is 312 g/mol. The zero-order valence-corrected chi connectivity index (χ0v) is 16.3. The molecule has 0 fully saturated rings. The second kappa shape index (κ2) is 8.19. The molecule has 0 amide bonds. The van der Waals surface area contributed by atoms with Gasteiger partial charge >= 0.3 is 0 Å². The van der Waals surface area contributed by atoms with Gasteiger partial charge in [0.1, 0.15) is 0 Å². The van der Waals surface area contributed by atoms with E-state index >= 15 is 0 Å². The van der Waals surface area contributed by atoms with Crippen molar-refractivity contribution in [1.29, 1.82) is 0 Å². The van der Waals surface area contributed by atoms with Crippen molar-refractivity contribution in [3.8, 4) is 0 Å². The second-order valence-corrected chi connectivity index (χ2v) is 7.32. The fraction of sp³-hybridized carbons (Fsp3) is 0.231. The highest BCUT2D eigenvalue weighted by atomic mass is 14.1. The molecule has 26 heavy (non-hydrogen) atoms. The van der Waals surface area contributed by atoms with Crippen LogP contribution in [0.3, 0.4) is 0 Å². The molecule has 0 aromatic heterocycles. The maximum atomic E-state index is 2.40. The summed E-state index contributed by atoms with van der Waals surface area (Å²) in [6.07, 6.45) is 4.52. The van der Waals surface area contributed by atoms with E-state index in [-0.39, 0.29) is 0 Å². The Hall–Kier alpha value is -2.60. The highest BCUT2D eigenvalue weighted by molar-refractivity contribution is 5.79. The summed E-state index contributed by atoms with van der Waals surface area (Å²) in [5.41, 5.74) is 10.7. The third-order valence-electron chi connectivity index (χ3n) is 4.99. The predicted octanol–water partition coefficient (Wildman–Crippen LogP) is 6.98. The summed E-state index contributed by atoms with van der Waals surface area (Å²) in [5.74, 6) is 0. The van der Waals surface area contributed by atoms with E-state index in [0.717, 1.165) is 12.8 Å². The first-order chi connectivity index (χ1) is 12.5. The van der Waals surface area contributed by atoms with Crippen molar-refractivity contribution < 1.29 is 0 Å². The SMILES string of the molecule is Cc1ccc(C(=CCCc2cc(C)ccc2C)c2ccc(C)cc2)cc1. The molecule has 0 N–H and O–H groups in total. The first-order valence-corrected chi connectivity index (χ1v) is 9.43. The lowest BCUT2D eigenvalue weighted by molar-refractivity contribution is 0.985. The fourth-order valence-corrected chi connectivity index (χ4v) is 3.31. The van der Waals surface area contributed by atoms with Crippen LogP contribution in [0.1, 0.15) is 45.4 Å². The van der Waals surface area contributed by atoms with Crippen LogP contribution in [0.4, 0.5) is 0 Å². The second-order valence-electron chi connectivity index (χ2n) is 7.32. The normalized spacial score (nSPS) is 10.6. The third kappa shape index (κ3) is 4.52. The van der Waals surface area contributed by atoms with Crippen molar-refractivity contribution in [3.63, 3.8) is 0 Å². The van der Waals surface area contributed by atoms with E-state index in [1.165, 1.54) is 44.5 Å². The van der Waals surface area contributed by atoms with Gasteiger partial charge in [0.15, 0.2) is 0 Å². The highest BCUT2D eigenvalue weighted by Crippen LogP contribution is 2.25. The molecule has 0 spiro atoms. The molecule has 0 unspecified atom stereocenters. The van der Waals surface area contributed by atoms with E-state index in [1.54, 1.807) is 0 Å². The van der Waals surface area contributed by atoms with Crippen LogP contribution in [-0.2, 0) is 6.42 Å². The van der Waals surface area contributed by atoms with Gasteiger partial charge in [-0.05, 0) is 68.4 Å². The van der Waals surface area contributed by atoms with Gasteiger partial charge in [-0.25, -0.2) is 0 Å². The summed E-state index contributed by atoms with van der Waals surface area (Å²) in [6.45, 7) is 8.65. The smallest absolute Gasteiger partial charge is 0.0151 e. The summed E-state index contributed by atoms with van der Waals surface area (Å²) in [7, 11) is 0. The number of hydrogen-bond acceptors (Lipinski definition) is 0. The van der Waals surface area contributed by atoms with E-state index in [0.29, 0.717) is 0 Å². The molecule has 0 saturated carbocycles. The van der Waals surface area contributed by atoms with Crippen molar-refractivity contribution in [2.24, 2.45) is 0 Å². The Bertz CT molecular complexity index is 846. The van der Waals surface area contributed by atoms with Crippen molar-refractivity contribution in [2.75, 3.05) is 0 Å². The zero-order valence-electron chi connectivity index (χ0n) is 16.3. The average Bonchev–Trinajstić information content (AvgIpc) is 2.63. The quantitative estimate of drug-likeness (QED) is 0.470. The Morgan fingerprint density at radius 3 is 1.69 bits per heavy atom.